The van der Waals surface area contributed by atoms with Crippen LogP contribution in [0.4, 0.5) is 0 Å². The van der Waals surface area contributed by atoms with Crippen molar-refractivity contribution in [3.05, 3.63) is 41.3 Å². The molecule has 0 radical (unpaired) electrons. The molecule has 0 aromatic carbocycles. The van der Waals surface area contributed by atoms with Crippen LogP contribution in [0.2, 0.25) is 0 Å². The standard InChI is InChI=1S/C11H11N5O2.C2H6/c17-2-1-15-5-9(4-13-15)8-3-10-11(18)12-7-14-16(10)6-8;1-2/h3-7,17H,1-2H2,(H,12,14,18);1-2H3. The van der Waals surface area contributed by atoms with Crippen LogP contribution < -0.4 is 5.56 Å². The lowest BCUT2D eigenvalue weighted by Gasteiger charge is -1.94. The summed E-state index contributed by atoms with van der Waals surface area (Å²) in [6.45, 7) is 4.49. The molecular formula is C13H17N5O2. The third kappa shape index (κ3) is 2.62. The Bertz CT molecular complexity index is 740. The van der Waals surface area contributed by atoms with Gasteiger partial charge in [0.25, 0.3) is 5.56 Å². The monoisotopic (exact) mass is 275 g/mol. The lowest BCUT2D eigenvalue weighted by Crippen LogP contribution is -2.09. The van der Waals surface area contributed by atoms with Gasteiger partial charge in [-0.3, -0.25) is 9.48 Å². The predicted molar refractivity (Wildman–Crippen MR) is 75.5 cm³/mol. The van der Waals surface area contributed by atoms with Gasteiger partial charge in [-0.2, -0.15) is 10.2 Å². The van der Waals surface area contributed by atoms with E-state index in [9.17, 15) is 4.79 Å². The van der Waals surface area contributed by atoms with Crippen molar-refractivity contribution in [2.24, 2.45) is 0 Å². The van der Waals surface area contributed by atoms with Gasteiger partial charge in [0.1, 0.15) is 11.8 Å². The van der Waals surface area contributed by atoms with Gasteiger partial charge in [0.2, 0.25) is 0 Å². The van der Waals surface area contributed by atoms with E-state index in [0.29, 0.717) is 12.1 Å². The average Bonchev–Trinajstić information content (AvgIpc) is 3.08. The van der Waals surface area contributed by atoms with Gasteiger partial charge in [-0.1, -0.05) is 13.8 Å². The quantitative estimate of drug-likeness (QED) is 0.743. The van der Waals surface area contributed by atoms with Crippen LogP contribution in [-0.4, -0.2) is 36.1 Å². The van der Waals surface area contributed by atoms with E-state index in [-0.39, 0.29) is 12.2 Å². The fourth-order valence-corrected chi connectivity index (χ4v) is 1.84. The minimum absolute atomic E-state index is 0.0417. The third-order valence-electron chi connectivity index (χ3n) is 2.71. The fourth-order valence-electron chi connectivity index (χ4n) is 1.84. The van der Waals surface area contributed by atoms with Crippen LogP contribution in [0.1, 0.15) is 13.8 Å². The molecule has 7 heteroatoms. The van der Waals surface area contributed by atoms with Crippen LogP contribution in [0.15, 0.2) is 35.8 Å². The zero-order valence-electron chi connectivity index (χ0n) is 11.4. The fraction of sp³-hybridized carbons (Fsp3) is 0.308. The maximum Gasteiger partial charge on any atom is 0.275 e. The molecule has 3 rings (SSSR count). The number of aromatic amines is 1. The molecule has 7 nitrogen and oxygen atoms in total. The van der Waals surface area contributed by atoms with Crippen molar-refractivity contribution < 1.29 is 5.11 Å². The number of rotatable bonds is 3. The number of fused-ring (bicyclic) bond motifs is 1. The van der Waals surface area contributed by atoms with Gasteiger partial charge in [-0.25, -0.2) is 4.52 Å². The Hall–Kier alpha value is -2.41. The second kappa shape index (κ2) is 6.16. The number of aliphatic hydroxyl groups is 1. The van der Waals surface area contributed by atoms with Crippen molar-refractivity contribution in [2.45, 2.75) is 20.4 Å². The summed E-state index contributed by atoms with van der Waals surface area (Å²) in [5.74, 6) is 0. The van der Waals surface area contributed by atoms with Crippen molar-refractivity contribution in [2.75, 3.05) is 6.61 Å². The van der Waals surface area contributed by atoms with E-state index in [1.807, 2.05) is 20.0 Å². The molecule has 3 heterocycles. The highest BCUT2D eigenvalue weighted by molar-refractivity contribution is 5.68. The highest BCUT2D eigenvalue weighted by Crippen LogP contribution is 2.19. The Balaban J connectivity index is 0.000000704. The number of H-pyrrole nitrogens is 1. The molecule has 0 bridgehead atoms. The van der Waals surface area contributed by atoms with Crippen molar-refractivity contribution in [3.8, 4) is 11.1 Å². The van der Waals surface area contributed by atoms with Crippen LogP contribution in [0.25, 0.3) is 16.6 Å². The first kappa shape index (κ1) is 14.0. The first-order valence-corrected chi connectivity index (χ1v) is 6.48. The molecule has 0 aliphatic heterocycles. The Labute approximate surface area is 115 Å². The molecule has 0 unspecified atom stereocenters. The normalized spacial score (nSPS) is 10.3. The molecule has 0 atom stereocenters. The summed E-state index contributed by atoms with van der Waals surface area (Å²) in [5.41, 5.74) is 2.05. The van der Waals surface area contributed by atoms with E-state index >= 15 is 0 Å². The minimum Gasteiger partial charge on any atom is -0.394 e. The van der Waals surface area contributed by atoms with Crippen LogP contribution in [0, 0.1) is 0 Å². The van der Waals surface area contributed by atoms with Gasteiger partial charge in [-0.15, -0.1) is 0 Å². The predicted octanol–water partition coefficient (Wildman–Crippen LogP) is 0.905. The molecule has 3 aromatic heterocycles. The molecular weight excluding hydrogens is 258 g/mol. The summed E-state index contributed by atoms with van der Waals surface area (Å²) in [4.78, 5) is 14.1. The second-order valence-corrected chi connectivity index (χ2v) is 3.89. The van der Waals surface area contributed by atoms with E-state index in [1.54, 1.807) is 23.1 Å². The molecule has 0 aliphatic carbocycles. The SMILES string of the molecule is CC.O=c1[nH]cnn2cc(-c3cnn(CCO)c3)cc12. The third-order valence-corrected chi connectivity index (χ3v) is 2.71. The van der Waals surface area contributed by atoms with Crippen molar-refractivity contribution in [1.82, 2.24) is 24.4 Å². The smallest absolute Gasteiger partial charge is 0.275 e. The molecule has 20 heavy (non-hydrogen) atoms. The Kier molecular flexibility index (Phi) is 4.31. The first-order chi connectivity index (χ1) is 9.78. The maximum absolute atomic E-state index is 11.6. The highest BCUT2D eigenvalue weighted by atomic mass is 16.3. The van der Waals surface area contributed by atoms with E-state index < -0.39 is 0 Å². The maximum atomic E-state index is 11.6. The number of nitrogens with zero attached hydrogens (tertiary/aromatic N) is 4. The molecule has 3 aromatic rings. The zero-order chi connectivity index (χ0) is 14.5. The summed E-state index contributed by atoms with van der Waals surface area (Å²) in [6, 6.07) is 1.76. The number of hydrogen-bond donors (Lipinski definition) is 2. The molecule has 0 amide bonds. The van der Waals surface area contributed by atoms with Gasteiger partial charge in [-0.05, 0) is 6.07 Å². The summed E-state index contributed by atoms with van der Waals surface area (Å²) >= 11 is 0. The van der Waals surface area contributed by atoms with Crippen LogP contribution in [0.5, 0.6) is 0 Å². The van der Waals surface area contributed by atoms with Crippen LogP contribution in [0.3, 0.4) is 0 Å². The summed E-state index contributed by atoms with van der Waals surface area (Å²) < 4.78 is 3.17. The van der Waals surface area contributed by atoms with E-state index in [0.717, 1.165) is 11.1 Å². The average molecular weight is 275 g/mol. The summed E-state index contributed by atoms with van der Waals surface area (Å²) in [5, 5.41) is 17.0. The van der Waals surface area contributed by atoms with E-state index in [1.165, 1.54) is 10.8 Å². The summed E-state index contributed by atoms with van der Waals surface area (Å²) in [7, 11) is 0. The van der Waals surface area contributed by atoms with Gasteiger partial charge in [0.15, 0.2) is 0 Å². The second-order valence-electron chi connectivity index (χ2n) is 3.89. The van der Waals surface area contributed by atoms with Gasteiger partial charge in [0.05, 0.1) is 19.3 Å². The van der Waals surface area contributed by atoms with Gasteiger partial charge < -0.3 is 10.1 Å². The minimum atomic E-state index is -0.181. The molecule has 106 valence electrons. The Morgan fingerprint density at radius 1 is 1.25 bits per heavy atom. The molecule has 0 fully saturated rings. The topological polar surface area (TPSA) is 88.2 Å². The van der Waals surface area contributed by atoms with Crippen molar-refractivity contribution in [1.29, 1.82) is 0 Å². The summed E-state index contributed by atoms with van der Waals surface area (Å²) in [6.07, 6.45) is 6.64. The molecule has 0 spiro atoms. The number of hydrogen-bond acceptors (Lipinski definition) is 4. The Morgan fingerprint density at radius 3 is 2.75 bits per heavy atom. The first-order valence-electron chi connectivity index (χ1n) is 6.48. The number of nitrogens with one attached hydrogen (secondary N) is 1. The molecule has 0 saturated heterocycles. The number of aliphatic hydroxyl groups excluding tert-OH is 1. The molecule has 0 aliphatic rings. The van der Waals surface area contributed by atoms with Crippen LogP contribution >= 0.6 is 0 Å². The molecule has 2 N–H and O–H groups in total. The van der Waals surface area contributed by atoms with Crippen molar-refractivity contribution in [3.63, 3.8) is 0 Å². The lowest BCUT2D eigenvalue weighted by atomic mass is 10.2. The lowest BCUT2D eigenvalue weighted by molar-refractivity contribution is 0.269. The number of aromatic nitrogens is 5. The Morgan fingerprint density at radius 2 is 2.05 bits per heavy atom. The van der Waals surface area contributed by atoms with Crippen molar-refractivity contribution >= 4 is 5.52 Å². The largest absolute Gasteiger partial charge is 0.394 e. The van der Waals surface area contributed by atoms with Crippen LogP contribution in [-0.2, 0) is 6.54 Å². The molecule has 0 saturated carbocycles. The highest BCUT2D eigenvalue weighted by Gasteiger charge is 2.07. The zero-order valence-corrected chi connectivity index (χ0v) is 11.4. The van der Waals surface area contributed by atoms with Gasteiger partial charge >= 0.3 is 0 Å². The van der Waals surface area contributed by atoms with Gasteiger partial charge in [0, 0.05) is 23.5 Å². The van der Waals surface area contributed by atoms with E-state index in [2.05, 4.69) is 15.2 Å². The van der Waals surface area contributed by atoms with E-state index in [4.69, 9.17) is 5.11 Å².